The number of hydrogen-bond acceptors (Lipinski definition) is 12. The van der Waals surface area contributed by atoms with Crippen LogP contribution in [0.25, 0.3) is 0 Å². The van der Waals surface area contributed by atoms with E-state index < -0.39 is 14.4 Å². The van der Waals surface area contributed by atoms with E-state index in [4.69, 9.17) is 20.2 Å². The Kier molecular flexibility index (Phi) is 18.8. The molecule has 14 heteroatoms. The summed E-state index contributed by atoms with van der Waals surface area (Å²) in [4.78, 5) is 14.5. The van der Waals surface area contributed by atoms with Gasteiger partial charge in [-0.25, -0.2) is 4.79 Å². The maximum Gasteiger partial charge on any atom is 0.407 e. The second kappa shape index (κ2) is 24.2. The van der Waals surface area contributed by atoms with E-state index in [-0.39, 0.29) is 31.7 Å². The summed E-state index contributed by atoms with van der Waals surface area (Å²) in [5, 5.41) is 25.2. The lowest BCUT2D eigenvalue weighted by Gasteiger charge is -2.36. The minimum Gasteiger partial charge on any atom is -0.448 e. The van der Waals surface area contributed by atoms with E-state index in [1.54, 1.807) is 0 Å². The zero-order chi connectivity index (χ0) is 41.9. The molecule has 2 N–H and O–H groups in total. The van der Waals surface area contributed by atoms with Crippen molar-refractivity contribution in [2.24, 2.45) is 20.5 Å². The fraction of sp³-hybridized carbons (Fsp3) is 0.558. The van der Waals surface area contributed by atoms with Gasteiger partial charge < -0.3 is 34.1 Å². The third kappa shape index (κ3) is 15.1. The van der Waals surface area contributed by atoms with Crippen LogP contribution in [0.1, 0.15) is 77.8 Å². The van der Waals surface area contributed by atoms with Crippen molar-refractivity contribution in [1.82, 2.24) is 9.99 Å². The molecule has 1 fully saturated rings. The highest BCUT2D eigenvalue weighted by Gasteiger charge is 2.38. The Labute approximate surface area is 342 Å². The van der Waals surface area contributed by atoms with E-state index in [1.807, 2.05) is 80.6 Å². The number of carbonyl (C=O) groups excluding carboxylic acids is 1. The average molecular weight is 807 g/mol. The van der Waals surface area contributed by atoms with Crippen LogP contribution in [0.5, 0.6) is 0 Å². The van der Waals surface area contributed by atoms with Crippen LogP contribution in [0.3, 0.4) is 0 Å². The molecular weight excluding hydrogens is 741 g/mol. The number of unbranched alkanes of at least 4 members (excludes halogenated alkanes) is 3. The molecule has 1 saturated heterocycles. The first-order chi connectivity index (χ1) is 28.0. The Morgan fingerprint density at radius 2 is 1.60 bits per heavy atom. The highest BCUT2D eigenvalue weighted by Crippen LogP contribution is 2.45. The summed E-state index contributed by atoms with van der Waals surface area (Å²) < 4.78 is 33.6. The molecule has 13 nitrogen and oxygen atoms in total. The highest BCUT2D eigenvalue weighted by molar-refractivity contribution is 7.49. The van der Waals surface area contributed by atoms with E-state index in [9.17, 15) is 4.79 Å². The van der Waals surface area contributed by atoms with Gasteiger partial charge in [-0.3, -0.25) is 4.67 Å². The van der Waals surface area contributed by atoms with Crippen LogP contribution < -0.4 is 10.2 Å². The second-order valence-electron chi connectivity index (χ2n) is 14.8. The monoisotopic (exact) mass is 806 g/mol. The maximum absolute atomic E-state index is 12.3. The number of anilines is 1. The largest absolute Gasteiger partial charge is 0.448 e. The summed E-state index contributed by atoms with van der Waals surface area (Å²) in [6.45, 7) is 19.8. The number of rotatable bonds is 24. The molecule has 57 heavy (non-hydrogen) atoms. The van der Waals surface area contributed by atoms with Crippen molar-refractivity contribution in [2.45, 2.75) is 111 Å². The lowest BCUT2D eigenvalue weighted by Crippen LogP contribution is -2.35. The summed E-state index contributed by atoms with van der Waals surface area (Å²) in [7, 11) is -0.821. The molecule has 1 heterocycles. The van der Waals surface area contributed by atoms with Gasteiger partial charge in [0, 0.05) is 43.9 Å². The Hall–Kier alpha value is -3.84. The van der Waals surface area contributed by atoms with Gasteiger partial charge in [0.2, 0.25) is 1.43 Å². The number of azo groups is 2. The molecular formula is C43H64N7O6P. The fourth-order valence-corrected chi connectivity index (χ4v) is 8.76. The van der Waals surface area contributed by atoms with Crippen molar-refractivity contribution < 1.29 is 28.6 Å². The van der Waals surface area contributed by atoms with E-state index in [0.29, 0.717) is 38.2 Å². The van der Waals surface area contributed by atoms with Crippen LogP contribution in [0.4, 0.5) is 33.2 Å². The summed E-state index contributed by atoms with van der Waals surface area (Å²) >= 11 is 0. The Bertz CT molecular complexity index is 1730. The van der Waals surface area contributed by atoms with E-state index in [2.05, 4.69) is 81.7 Å². The molecule has 4 rings (SSSR count). The molecule has 0 aromatic heterocycles. The van der Waals surface area contributed by atoms with Gasteiger partial charge in [0.1, 0.15) is 21.0 Å². The number of likely N-dealkylation sites (N-methyl/N-ethyl adjacent to an activating group) is 1. The van der Waals surface area contributed by atoms with Crippen LogP contribution >= 0.6 is 8.30 Å². The summed E-state index contributed by atoms with van der Waals surface area (Å²) in [5.41, 5.74) is 6.15. The number of aryl methyl sites for hydroxylation is 2. The second-order valence-corrected chi connectivity index (χ2v) is 16.4. The Balaban J connectivity index is 1.08. The molecule has 0 bridgehead atoms. The lowest BCUT2D eigenvalue weighted by molar-refractivity contribution is -0.143. The number of ether oxygens (including phenoxy) is 3. The van der Waals surface area contributed by atoms with Gasteiger partial charge in [-0.1, -0.05) is 31.0 Å². The fourth-order valence-electron chi connectivity index (χ4n) is 6.74. The first-order valence-corrected chi connectivity index (χ1v) is 21.9. The topological polar surface area (TPSA) is 142 Å². The minimum absolute atomic E-state index is 0.148. The molecule has 3 aromatic carbocycles. The van der Waals surface area contributed by atoms with Crippen LogP contribution in [-0.4, -0.2) is 94.0 Å². The van der Waals surface area contributed by atoms with E-state index in [0.717, 1.165) is 71.8 Å². The Morgan fingerprint density at radius 1 is 0.912 bits per heavy atom. The van der Waals surface area contributed by atoms with Gasteiger partial charge in [0.05, 0.1) is 42.0 Å². The van der Waals surface area contributed by atoms with Crippen LogP contribution in [0.2, 0.25) is 0 Å². The predicted octanol–water partition coefficient (Wildman–Crippen LogP) is 10.8. The van der Waals surface area contributed by atoms with Gasteiger partial charge in [-0.2, -0.15) is 20.5 Å². The normalized spacial score (nSPS) is 17.9. The molecule has 0 spiro atoms. The molecule has 1 aliphatic rings. The molecule has 4 atom stereocenters. The maximum atomic E-state index is 12.3. The molecule has 0 aliphatic carbocycles. The molecule has 3 aromatic rings. The number of nitrogens with one attached hydrogen (secondary N) is 1. The van der Waals surface area contributed by atoms with Crippen molar-refractivity contribution in [3.05, 3.63) is 77.9 Å². The predicted molar refractivity (Wildman–Crippen MR) is 229 cm³/mol. The number of hydrogen-bond donors (Lipinski definition) is 2. The third-order valence-corrected chi connectivity index (χ3v) is 11.8. The van der Waals surface area contributed by atoms with Crippen molar-refractivity contribution in [3.8, 4) is 0 Å². The van der Waals surface area contributed by atoms with Crippen molar-refractivity contribution in [2.75, 3.05) is 51.0 Å². The molecule has 0 saturated carbocycles. The van der Waals surface area contributed by atoms with E-state index >= 15 is 0 Å². The number of carbonyl (C=O) groups is 1. The summed E-state index contributed by atoms with van der Waals surface area (Å²) in [5.74, 6) is 0. The minimum atomic E-state index is -0.821. The number of amides is 1. The molecule has 312 valence electrons. The number of benzene rings is 3. The van der Waals surface area contributed by atoms with Gasteiger partial charge in [0.15, 0.2) is 6.29 Å². The average Bonchev–Trinajstić information content (AvgIpc) is 3.57. The quantitative estimate of drug-likeness (QED) is 0.0517. The SMILES string of the molecule is [2H]OC[C@H]1O[C@@H](OCCCCCCNC(=O)OCCN(CC)c2ccc(/N=N/c3ccc(/N=N/c4ccccc4C)cc3C)cc2)CC1OP(C)N(C(C)C)C(C)C. The van der Waals surface area contributed by atoms with Crippen LogP contribution in [0, 0.1) is 13.8 Å². The van der Waals surface area contributed by atoms with Crippen molar-refractivity contribution in [3.63, 3.8) is 0 Å². The number of alkyl carbamates (subject to hydrolysis) is 1. The summed E-state index contributed by atoms with van der Waals surface area (Å²) in [6.07, 6.45) is 3.02. The van der Waals surface area contributed by atoms with Gasteiger partial charge >= 0.3 is 6.09 Å². The van der Waals surface area contributed by atoms with Gasteiger partial charge in [0.25, 0.3) is 0 Å². The van der Waals surface area contributed by atoms with E-state index in [1.165, 1.54) is 0 Å². The first-order valence-electron chi connectivity index (χ1n) is 20.7. The first kappa shape index (κ1) is 44.3. The zero-order valence-corrected chi connectivity index (χ0v) is 36.0. The van der Waals surface area contributed by atoms with Crippen LogP contribution in [0.15, 0.2) is 87.2 Å². The van der Waals surface area contributed by atoms with Crippen LogP contribution in [-0.2, 0) is 18.7 Å². The molecule has 0 radical (unpaired) electrons. The zero-order valence-electron chi connectivity index (χ0n) is 36.1. The van der Waals surface area contributed by atoms with Crippen molar-refractivity contribution >= 4 is 42.8 Å². The van der Waals surface area contributed by atoms with Gasteiger partial charge in [-0.05, 0) is 128 Å². The lowest BCUT2D eigenvalue weighted by atomic mass is 10.2. The number of aliphatic hydroxyl groups excluding tert-OH is 1. The van der Waals surface area contributed by atoms with Crippen molar-refractivity contribution in [1.29, 1.82) is 1.43 Å². The number of nitrogens with zero attached hydrogens (tertiary/aromatic N) is 6. The molecule has 2 unspecified atom stereocenters. The standard InChI is InChI=1S/C43H64N7O6P/c1-9-49(37-21-18-35(19-22-37)45-48-39-23-20-36(28-34(39)7)46-47-38-17-13-12-16-33(38)6)25-27-54-43(52)44-24-14-10-11-15-26-53-42-29-40(41(30-51)55-42)56-57(8)50(31(2)3)32(4)5/h12-13,16-23,28,31-32,40-42,51H,9-11,14-15,24-27,29-30H2,1-8H3,(H,44,52)/b47-46+,48-45+/t40?,41-,42-,57?/m1/s1/i51D. The smallest absolute Gasteiger partial charge is 0.407 e. The molecule has 1 amide bonds. The Morgan fingerprint density at radius 3 is 2.28 bits per heavy atom. The third-order valence-electron chi connectivity index (χ3n) is 9.68. The molecule has 1 aliphatic heterocycles. The summed E-state index contributed by atoms with van der Waals surface area (Å²) in [6, 6.07) is 22.2. The number of aliphatic hydroxyl groups is 1. The highest BCUT2D eigenvalue weighted by atomic mass is 31.2. The van der Waals surface area contributed by atoms with Gasteiger partial charge in [-0.15, -0.1) is 0 Å².